The molecule has 0 unspecified atom stereocenters. The Morgan fingerprint density at radius 3 is 2.13 bits per heavy atom. The highest BCUT2D eigenvalue weighted by molar-refractivity contribution is 7.94. The molecule has 2 aromatic carbocycles. The van der Waals surface area contributed by atoms with Crippen molar-refractivity contribution in [1.82, 2.24) is 0 Å². The van der Waals surface area contributed by atoms with Gasteiger partial charge in [-0.05, 0) is 24.3 Å². The average molecular weight is 327 g/mol. The van der Waals surface area contributed by atoms with Crippen LogP contribution in [-0.2, 0) is 14.6 Å². The maximum Gasteiger partial charge on any atom is 0.251 e. The van der Waals surface area contributed by atoms with Gasteiger partial charge in [-0.1, -0.05) is 42.5 Å². The summed E-state index contributed by atoms with van der Waals surface area (Å²) in [7, 11) is -3.64. The highest BCUT2D eigenvalue weighted by Gasteiger charge is 2.14. The Morgan fingerprint density at radius 1 is 1.00 bits per heavy atom. The monoisotopic (exact) mass is 327 g/mol. The first-order valence-corrected chi connectivity index (χ1v) is 8.55. The van der Waals surface area contributed by atoms with Crippen LogP contribution in [0, 0.1) is 0 Å². The maximum atomic E-state index is 12.3. The third kappa shape index (κ3) is 4.40. The number of nitrogens with zero attached hydrogens (tertiary/aromatic N) is 1. The fraction of sp³-hybridized carbons (Fsp3) is 0.0556. The zero-order valence-electron chi connectivity index (χ0n) is 12.5. The number of sulfone groups is 1. The van der Waals surface area contributed by atoms with Crippen molar-refractivity contribution >= 4 is 21.4 Å². The Morgan fingerprint density at radius 2 is 1.57 bits per heavy atom. The summed E-state index contributed by atoms with van der Waals surface area (Å²) in [5.74, 6) is -0.421. The van der Waals surface area contributed by atoms with E-state index in [1.54, 1.807) is 36.4 Å². The average Bonchev–Trinajstić information content (AvgIpc) is 2.59. The van der Waals surface area contributed by atoms with Crippen LogP contribution in [0.5, 0.6) is 0 Å². The summed E-state index contributed by atoms with van der Waals surface area (Å²) in [5.41, 5.74) is 0.680. The molecule has 5 heteroatoms. The molecular formula is C18H17NO3S. The van der Waals surface area contributed by atoms with Gasteiger partial charge in [-0.2, -0.15) is 0 Å². The van der Waals surface area contributed by atoms with E-state index in [1.165, 1.54) is 17.0 Å². The van der Waals surface area contributed by atoms with Crippen LogP contribution in [0.4, 0.5) is 5.69 Å². The van der Waals surface area contributed by atoms with Crippen LogP contribution in [0.1, 0.15) is 0 Å². The van der Waals surface area contributed by atoms with Crippen LogP contribution in [0.15, 0.2) is 89.7 Å². The lowest BCUT2D eigenvalue weighted by atomic mass is 10.3. The zero-order valence-corrected chi connectivity index (χ0v) is 13.3. The molecular weight excluding hydrogens is 310 g/mol. The lowest BCUT2D eigenvalue weighted by Crippen LogP contribution is -2.29. The molecule has 23 heavy (non-hydrogen) atoms. The SMILES string of the molecule is C=CCN(C(=O)/C=C/S(=O)(=O)c1ccccc1)c1ccccc1. The van der Waals surface area contributed by atoms with Crippen LogP contribution in [0.25, 0.3) is 0 Å². The summed E-state index contributed by atoms with van der Waals surface area (Å²) in [6, 6.07) is 17.0. The summed E-state index contributed by atoms with van der Waals surface area (Å²) < 4.78 is 24.4. The second-order valence-electron chi connectivity index (χ2n) is 4.73. The van der Waals surface area contributed by atoms with Gasteiger partial charge in [-0.25, -0.2) is 8.42 Å². The molecule has 0 radical (unpaired) electrons. The predicted molar refractivity (Wildman–Crippen MR) is 91.8 cm³/mol. The summed E-state index contributed by atoms with van der Waals surface area (Å²) >= 11 is 0. The van der Waals surface area contributed by atoms with Crippen molar-refractivity contribution in [1.29, 1.82) is 0 Å². The molecule has 0 bridgehead atoms. The van der Waals surface area contributed by atoms with Crippen molar-refractivity contribution in [3.05, 3.63) is 84.8 Å². The summed E-state index contributed by atoms with van der Waals surface area (Å²) in [4.78, 5) is 13.9. The van der Waals surface area contributed by atoms with E-state index in [9.17, 15) is 13.2 Å². The number of carbonyl (C=O) groups is 1. The number of carbonyl (C=O) groups excluding carboxylic acids is 1. The van der Waals surface area contributed by atoms with Crippen LogP contribution in [0.2, 0.25) is 0 Å². The number of hydrogen-bond acceptors (Lipinski definition) is 3. The number of amides is 1. The Labute approximate surface area is 136 Å². The van der Waals surface area contributed by atoms with Gasteiger partial charge >= 0.3 is 0 Å². The van der Waals surface area contributed by atoms with Gasteiger partial charge in [0, 0.05) is 23.7 Å². The molecule has 0 heterocycles. The highest BCUT2D eigenvalue weighted by atomic mass is 32.2. The van der Waals surface area contributed by atoms with E-state index >= 15 is 0 Å². The Balaban J connectivity index is 2.23. The molecule has 0 N–H and O–H groups in total. The molecule has 0 aliphatic rings. The maximum absolute atomic E-state index is 12.3. The van der Waals surface area contributed by atoms with Crippen LogP contribution in [-0.4, -0.2) is 20.9 Å². The molecule has 0 atom stereocenters. The molecule has 2 aromatic rings. The molecule has 1 amide bonds. The van der Waals surface area contributed by atoms with E-state index in [0.717, 1.165) is 11.5 Å². The minimum atomic E-state index is -3.64. The van der Waals surface area contributed by atoms with Crippen molar-refractivity contribution in [2.45, 2.75) is 4.90 Å². The molecule has 0 saturated carbocycles. The van der Waals surface area contributed by atoms with Crippen molar-refractivity contribution in [2.24, 2.45) is 0 Å². The summed E-state index contributed by atoms with van der Waals surface area (Å²) in [6.45, 7) is 3.92. The summed E-state index contributed by atoms with van der Waals surface area (Å²) in [6.07, 6.45) is 2.66. The molecule has 0 spiro atoms. The molecule has 0 aromatic heterocycles. The standard InChI is InChI=1S/C18H17NO3S/c1-2-14-19(16-9-5-3-6-10-16)18(20)13-15-23(21,22)17-11-7-4-8-12-17/h2-13,15H,1,14H2/b15-13+. The van der Waals surface area contributed by atoms with Crippen LogP contribution in [0.3, 0.4) is 0 Å². The number of benzene rings is 2. The molecule has 0 aliphatic heterocycles. The van der Waals surface area contributed by atoms with Gasteiger partial charge in [-0.15, -0.1) is 6.58 Å². The number of anilines is 1. The second kappa shape index (κ2) is 7.56. The Kier molecular flexibility index (Phi) is 5.49. The van der Waals surface area contributed by atoms with Gasteiger partial charge in [0.05, 0.1) is 4.90 Å². The van der Waals surface area contributed by atoms with E-state index < -0.39 is 15.7 Å². The second-order valence-corrected chi connectivity index (χ2v) is 6.57. The smallest absolute Gasteiger partial charge is 0.251 e. The van der Waals surface area contributed by atoms with Gasteiger partial charge in [0.1, 0.15) is 0 Å². The first kappa shape index (κ1) is 16.7. The third-order valence-electron chi connectivity index (χ3n) is 3.11. The molecule has 4 nitrogen and oxygen atoms in total. The van der Waals surface area contributed by atoms with Crippen molar-refractivity contribution in [3.8, 4) is 0 Å². The fourth-order valence-electron chi connectivity index (χ4n) is 1.99. The van der Waals surface area contributed by atoms with E-state index in [0.29, 0.717) is 12.2 Å². The molecule has 0 fully saturated rings. The normalized spacial score (nSPS) is 11.3. The van der Waals surface area contributed by atoms with Gasteiger partial charge in [0.15, 0.2) is 9.84 Å². The Bertz CT molecular complexity index is 797. The van der Waals surface area contributed by atoms with E-state index in [2.05, 4.69) is 6.58 Å². The quantitative estimate of drug-likeness (QED) is 0.605. The zero-order chi connectivity index (χ0) is 16.7. The van der Waals surface area contributed by atoms with Gasteiger partial charge < -0.3 is 4.90 Å². The number of hydrogen-bond donors (Lipinski definition) is 0. The third-order valence-corrected chi connectivity index (χ3v) is 4.53. The first-order valence-electron chi connectivity index (χ1n) is 7.00. The first-order chi connectivity index (χ1) is 11.0. The minimum absolute atomic E-state index is 0.152. The van der Waals surface area contributed by atoms with E-state index in [-0.39, 0.29) is 4.90 Å². The minimum Gasteiger partial charge on any atom is -0.305 e. The lowest BCUT2D eigenvalue weighted by Gasteiger charge is -2.19. The molecule has 0 saturated heterocycles. The van der Waals surface area contributed by atoms with Gasteiger partial charge in [0.2, 0.25) is 0 Å². The van der Waals surface area contributed by atoms with Crippen molar-refractivity contribution in [3.63, 3.8) is 0 Å². The Hall–Kier alpha value is -2.66. The van der Waals surface area contributed by atoms with Gasteiger partial charge in [-0.3, -0.25) is 4.79 Å². The largest absolute Gasteiger partial charge is 0.305 e. The highest BCUT2D eigenvalue weighted by Crippen LogP contribution is 2.15. The molecule has 0 aliphatic carbocycles. The number of para-hydroxylation sites is 1. The lowest BCUT2D eigenvalue weighted by molar-refractivity contribution is -0.114. The van der Waals surface area contributed by atoms with E-state index in [1.807, 2.05) is 18.2 Å². The molecule has 2 rings (SSSR count). The number of rotatable bonds is 6. The van der Waals surface area contributed by atoms with Gasteiger partial charge in [0.25, 0.3) is 5.91 Å². The summed E-state index contributed by atoms with van der Waals surface area (Å²) in [5, 5.41) is 0.934. The fourth-order valence-corrected chi connectivity index (χ4v) is 2.98. The van der Waals surface area contributed by atoms with Crippen LogP contribution >= 0.6 is 0 Å². The van der Waals surface area contributed by atoms with Crippen molar-refractivity contribution in [2.75, 3.05) is 11.4 Å². The molecule has 118 valence electrons. The predicted octanol–water partition coefficient (Wildman–Crippen LogP) is 3.19. The van der Waals surface area contributed by atoms with Crippen LogP contribution < -0.4 is 4.90 Å². The van der Waals surface area contributed by atoms with Crippen molar-refractivity contribution < 1.29 is 13.2 Å². The van der Waals surface area contributed by atoms with E-state index in [4.69, 9.17) is 0 Å². The topological polar surface area (TPSA) is 54.5 Å².